The Bertz CT molecular complexity index is 510. The minimum absolute atomic E-state index is 0.0258. The Morgan fingerprint density at radius 1 is 1.00 bits per heavy atom. The van der Waals surface area contributed by atoms with E-state index in [0.717, 1.165) is 31.4 Å². The van der Waals surface area contributed by atoms with Gasteiger partial charge in [0, 0.05) is 0 Å². The van der Waals surface area contributed by atoms with Gasteiger partial charge in [0.25, 0.3) is 0 Å². The Balaban J connectivity index is 1.81. The fourth-order valence-corrected chi connectivity index (χ4v) is 3.72. The number of ketones is 2. The summed E-state index contributed by atoms with van der Waals surface area (Å²) in [4.78, 5) is 23.2. The van der Waals surface area contributed by atoms with Crippen LogP contribution in [0.3, 0.4) is 0 Å². The van der Waals surface area contributed by atoms with Crippen molar-refractivity contribution in [2.24, 2.45) is 17.8 Å². The molecule has 3 heteroatoms. The molecule has 1 aromatic carbocycles. The van der Waals surface area contributed by atoms with Gasteiger partial charge in [0.15, 0.2) is 0 Å². The number of hydrogen-bond donors (Lipinski definition) is 0. The van der Waals surface area contributed by atoms with Crippen LogP contribution in [-0.4, -0.2) is 18.7 Å². The Morgan fingerprint density at radius 2 is 1.52 bits per heavy atom. The summed E-state index contributed by atoms with van der Waals surface area (Å²) in [5.41, 5.74) is 1.36. The molecule has 1 saturated carbocycles. The quantitative estimate of drug-likeness (QED) is 0.707. The third kappa shape index (κ3) is 5.19. The highest BCUT2D eigenvalue weighted by Crippen LogP contribution is 2.35. The second-order valence-electron chi connectivity index (χ2n) is 6.95. The second kappa shape index (κ2) is 8.28. The fraction of sp³-hybridized carbons (Fsp3) is 0.600. The van der Waals surface area contributed by atoms with Crippen LogP contribution in [-0.2, 0) is 16.0 Å². The molecule has 0 radical (unpaired) electrons. The van der Waals surface area contributed by atoms with Gasteiger partial charge < -0.3 is 4.74 Å². The molecule has 3 nitrogen and oxygen atoms in total. The topological polar surface area (TPSA) is 43.4 Å². The molecule has 0 aromatic heterocycles. The monoisotopic (exact) mass is 316 g/mol. The number of methoxy groups -OCH3 is 1. The molecule has 0 spiro atoms. The lowest BCUT2D eigenvalue weighted by Gasteiger charge is -2.30. The van der Waals surface area contributed by atoms with Gasteiger partial charge >= 0.3 is 0 Å². The molecular formula is C20H28O3. The molecular weight excluding hydrogens is 288 g/mol. The molecule has 0 amide bonds. The van der Waals surface area contributed by atoms with Gasteiger partial charge in [-0.3, -0.25) is 9.59 Å². The fourth-order valence-electron chi connectivity index (χ4n) is 3.72. The highest BCUT2D eigenvalue weighted by molar-refractivity contribution is 6.00. The Morgan fingerprint density at radius 3 is 2.00 bits per heavy atom. The summed E-state index contributed by atoms with van der Waals surface area (Å²) in [5.74, 6) is 1.82. The van der Waals surface area contributed by atoms with Crippen molar-refractivity contribution in [3.63, 3.8) is 0 Å². The first-order valence-electron chi connectivity index (χ1n) is 8.63. The van der Waals surface area contributed by atoms with E-state index in [0.29, 0.717) is 11.8 Å². The lowest BCUT2D eigenvalue weighted by atomic mass is 9.75. The molecule has 0 bridgehead atoms. The van der Waals surface area contributed by atoms with E-state index in [1.54, 1.807) is 21.0 Å². The first-order chi connectivity index (χ1) is 11.0. The smallest absolute Gasteiger partial charge is 0.140 e. The van der Waals surface area contributed by atoms with Gasteiger partial charge in [-0.1, -0.05) is 25.0 Å². The Hall–Kier alpha value is -1.64. The number of carbonyl (C=O) groups excluding carboxylic acids is 2. The number of rotatable bonds is 7. The molecule has 0 aliphatic heterocycles. The molecule has 126 valence electrons. The third-order valence-electron chi connectivity index (χ3n) is 5.20. The molecule has 0 heterocycles. The zero-order valence-electron chi connectivity index (χ0n) is 14.5. The van der Waals surface area contributed by atoms with E-state index in [9.17, 15) is 9.59 Å². The van der Waals surface area contributed by atoms with Crippen molar-refractivity contribution in [3.8, 4) is 5.75 Å². The molecule has 23 heavy (non-hydrogen) atoms. The molecule has 1 aliphatic carbocycles. The summed E-state index contributed by atoms with van der Waals surface area (Å²) in [6.45, 7) is 3.09. The summed E-state index contributed by atoms with van der Waals surface area (Å²) in [5, 5.41) is 0. The number of carbonyl (C=O) groups is 2. The lowest BCUT2D eigenvalue weighted by molar-refractivity contribution is -0.131. The van der Waals surface area contributed by atoms with Crippen molar-refractivity contribution in [3.05, 3.63) is 29.8 Å². The van der Waals surface area contributed by atoms with Crippen LogP contribution in [0.1, 0.15) is 51.5 Å². The maximum atomic E-state index is 11.6. The maximum absolute atomic E-state index is 11.6. The first kappa shape index (κ1) is 17.7. The molecule has 0 atom stereocenters. The Kier molecular flexibility index (Phi) is 6.37. The largest absolute Gasteiger partial charge is 0.497 e. The number of benzene rings is 1. The van der Waals surface area contributed by atoms with E-state index in [-0.39, 0.29) is 17.5 Å². The van der Waals surface area contributed by atoms with E-state index in [1.165, 1.54) is 18.4 Å². The SMILES string of the molecule is COc1ccc(CC2CCC(CC(C(C)=O)C(C)=O)CC2)cc1. The summed E-state index contributed by atoms with van der Waals surface area (Å²) in [7, 11) is 1.69. The van der Waals surface area contributed by atoms with Crippen LogP contribution >= 0.6 is 0 Å². The third-order valence-corrected chi connectivity index (χ3v) is 5.20. The average molecular weight is 316 g/mol. The van der Waals surface area contributed by atoms with Crippen molar-refractivity contribution in [1.29, 1.82) is 0 Å². The molecule has 1 aromatic rings. The van der Waals surface area contributed by atoms with E-state index >= 15 is 0 Å². The Labute approximate surface area is 139 Å². The predicted molar refractivity (Wildman–Crippen MR) is 91.6 cm³/mol. The summed E-state index contributed by atoms with van der Waals surface area (Å²) in [6.07, 6.45) is 6.52. The number of Topliss-reactive ketones (excluding diaryl/α,β-unsaturated/α-hetero) is 2. The normalized spacial score (nSPS) is 21.2. The molecule has 1 fully saturated rings. The maximum Gasteiger partial charge on any atom is 0.140 e. The van der Waals surface area contributed by atoms with E-state index in [4.69, 9.17) is 4.74 Å². The number of hydrogen-bond acceptors (Lipinski definition) is 3. The van der Waals surface area contributed by atoms with Crippen LogP contribution in [0.4, 0.5) is 0 Å². The predicted octanol–water partition coefficient (Wildman–Crippen LogP) is 4.23. The summed E-state index contributed by atoms with van der Waals surface area (Å²) >= 11 is 0. The lowest BCUT2D eigenvalue weighted by Crippen LogP contribution is -2.25. The van der Waals surface area contributed by atoms with E-state index in [1.807, 2.05) is 12.1 Å². The van der Waals surface area contributed by atoms with Gasteiger partial charge in [-0.15, -0.1) is 0 Å². The van der Waals surface area contributed by atoms with Crippen molar-refractivity contribution in [2.75, 3.05) is 7.11 Å². The van der Waals surface area contributed by atoms with Gasteiger partial charge in [-0.25, -0.2) is 0 Å². The highest BCUT2D eigenvalue weighted by atomic mass is 16.5. The van der Waals surface area contributed by atoms with Crippen molar-refractivity contribution in [2.45, 2.75) is 52.4 Å². The van der Waals surface area contributed by atoms with Gasteiger partial charge in [0.05, 0.1) is 13.0 Å². The standard InChI is InChI=1S/C20H28O3/c1-14(21)20(15(2)22)13-18-6-4-16(5-7-18)12-17-8-10-19(23-3)11-9-17/h8-11,16,18,20H,4-7,12-13H2,1-3H3. The second-order valence-corrected chi connectivity index (χ2v) is 6.95. The van der Waals surface area contributed by atoms with Gasteiger partial charge in [-0.05, 0) is 69.1 Å². The highest BCUT2D eigenvalue weighted by Gasteiger charge is 2.27. The molecule has 1 aliphatic rings. The molecule has 0 N–H and O–H groups in total. The summed E-state index contributed by atoms with van der Waals surface area (Å²) < 4.78 is 5.19. The van der Waals surface area contributed by atoms with Crippen molar-refractivity contribution in [1.82, 2.24) is 0 Å². The van der Waals surface area contributed by atoms with Crippen LogP contribution in [0, 0.1) is 17.8 Å². The molecule has 0 saturated heterocycles. The average Bonchev–Trinajstić information content (AvgIpc) is 2.54. The molecule has 0 unspecified atom stereocenters. The minimum atomic E-state index is -0.377. The summed E-state index contributed by atoms with van der Waals surface area (Å²) in [6, 6.07) is 8.33. The zero-order chi connectivity index (χ0) is 16.8. The zero-order valence-corrected chi connectivity index (χ0v) is 14.5. The van der Waals surface area contributed by atoms with Gasteiger partial charge in [0.2, 0.25) is 0 Å². The van der Waals surface area contributed by atoms with Crippen molar-refractivity contribution >= 4 is 11.6 Å². The van der Waals surface area contributed by atoms with E-state index in [2.05, 4.69) is 12.1 Å². The minimum Gasteiger partial charge on any atom is -0.497 e. The first-order valence-corrected chi connectivity index (χ1v) is 8.63. The van der Waals surface area contributed by atoms with Gasteiger partial charge in [-0.2, -0.15) is 0 Å². The van der Waals surface area contributed by atoms with Crippen LogP contribution in [0.15, 0.2) is 24.3 Å². The van der Waals surface area contributed by atoms with E-state index < -0.39 is 0 Å². The molecule has 2 rings (SSSR count). The van der Waals surface area contributed by atoms with Crippen LogP contribution in [0.2, 0.25) is 0 Å². The van der Waals surface area contributed by atoms with Gasteiger partial charge in [0.1, 0.15) is 17.3 Å². The van der Waals surface area contributed by atoms with Crippen LogP contribution < -0.4 is 4.74 Å². The van der Waals surface area contributed by atoms with Crippen LogP contribution in [0.5, 0.6) is 5.75 Å². The van der Waals surface area contributed by atoms with Crippen LogP contribution in [0.25, 0.3) is 0 Å². The number of ether oxygens (including phenoxy) is 1. The van der Waals surface area contributed by atoms with Crippen molar-refractivity contribution < 1.29 is 14.3 Å².